The van der Waals surface area contributed by atoms with Gasteiger partial charge in [-0.05, 0) is 69.1 Å². The van der Waals surface area contributed by atoms with E-state index < -0.39 is 97.5 Å². The minimum Gasteiger partial charge on any atom is -0.462 e. The average molecular weight is 1460 g/mol. The third-order valence-electron chi connectivity index (χ3n) is 18.6. The molecule has 0 saturated heterocycles. The fraction of sp³-hybridized carbons (Fsp3) is 0.901. The van der Waals surface area contributed by atoms with E-state index in [0.29, 0.717) is 31.6 Å². The van der Waals surface area contributed by atoms with Crippen molar-refractivity contribution >= 4 is 39.5 Å². The molecule has 0 aliphatic rings. The highest BCUT2D eigenvalue weighted by Crippen LogP contribution is 2.45. The van der Waals surface area contributed by atoms with Gasteiger partial charge in [-0.2, -0.15) is 0 Å². The summed E-state index contributed by atoms with van der Waals surface area (Å²) in [6, 6.07) is 0. The van der Waals surface area contributed by atoms with Crippen LogP contribution in [0.15, 0.2) is 24.3 Å². The molecule has 6 atom stereocenters. The number of phosphoric ester groups is 2. The Bertz CT molecular complexity index is 2040. The van der Waals surface area contributed by atoms with Crippen molar-refractivity contribution in [2.45, 2.75) is 414 Å². The molecule has 0 saturated carbocycles. The Labute approximate surface area is 612 Å². The van der Waals surface area contributed by atoms with Crippen LogP contribution in [0.25, 0.3) is 0 Å². The molecule has 0 fully saturated rings. The van der Waals surface area contributed by atoms with E-state index in [4.69, 9.17) is 37.0 Å². The molecular formula is C81H154O17P2. The number of hydrogen-bond acceptors (Lipinski definition) is 15. The third kappa shape index (κ3) is 72.5. The maximum Gasteiger partial charge on any atom is 0.472 e. The van der Waals surface area contributed by atoms with Crippen LogP contribution in [-0.2, 0) is 65.4 Å². The van der Waals surface area contributed by atoms with E-state index in [-0.39, 0.29) is 25.7 Å². The van der Waals surface area contributed by atoms with E-state index >= 15 is 0 Å². The predicted molar refractivity (Wildman–Crippen MR) is 409 cm³/mol. The zero-order valence-electron chi connectivity index (χ0n) is 65.2. The molecule has 4 unspecified atom stereocenters. The number of aliphatic hydroxyl groups excluding tert-OH is 1. The summed E-state index contributed by atoms with van der Waals surface area (Å²) in [6.45, 7) is 11.9. The van der Waals surface area contributed by atoms with Crippen LogP contribution in [-0.4, -0.2) is 96.7 Å². The number of ether oxygens (including phenoxy) is 4. The normalized spacial score (nSPS) is 14.4. The van der Waals surface area contributed by atoms with Gasteiger partial charge in [-0.25, -0.2) is 9.13 Å². The lowest BCUT2D eigenvalue weighted by molar-refractivity contribution is -0.161. The van der Waals surface area contributed by atoms with E-state index in [1.807, 2.05) is 0 Å². The molecule has 0 aromatic carbocycles. The molecule has 17 nitrogen and oxygen atoms in total. The van der Waals surface area contributed by atoms with Crippen LogP contribution in [0.4, 0.5) is 0 Å². The van der Waals surface area contributed by atoms with Crippen molar-refractivity contribution in [3.8, 4) is 0 Å². The van der Waals surface area contributed by atoms with E-state index in [2.05, 4.69) is 72.8 Å². The molecule has 0 aromatic heterocycles. The maximum absolute atomic E-state index is 13.1. The number of carbonyl (C=O) groups is 4. The first kappa shape index (κ1) is 97.5. The summed E-state index contributed by atoms with van der Waals surface area (Å²) in [5.41, 5.74) is 0. The average Bonchev–Trinajstić information content (AvgIpc) is 1.36. The van der Waals surface area contributed by atoms with Gasteiger partial charge in [-0.3, -0.25) is 37.3 Å². The van der Waals surface area contributed by atoms with Crippen molar-refractivity contribution < 1.29 is 80.2 Å². The van der Waals surface area contributed by atoms with Gasteiger partial charge in [0.05, 0.1) is 26.4 Å². The summed E-state index contributed by atoms with van der Waals surface area (Å²) in [7, 11) is -9.93. The van der Waals surface area contributed by atoms with Gasteiger partial charge in [0.25, 0.3) is 0 Å². The molecule has 0 heterocycles. The van der Waals surface area contributed by atoms with Gasteiger partial charge in [0.2, 0.25) is 0 Å². The summed E-state index contributed by atoms with van der Waals surface area (Å²) in [5.74, 6) is 0.202. The number of rotatable bonds is 77. The van der Waals surface area contributed by atoms with Crippen LogP contribution in [0, 0.1) is 17.8 Å². The number of allylic oxidation sites excluding steroid dienone is 4. The SMILES string of the molecule is CCCCCC/C=C\C=C/CCCCCCCC(=O)O[C@H](COC(=O)CCCCCCCCCC(C)C)COP(=O)(O)OCC(O)COP(=O)(O)OC[C@@H](COC(=O)CCCCCCCCCCCCCCCCC(C)C)OC(=O)CCCCCCCCCCCCCCCCC(C)CC. The van der Waals surface area contributed by atoms with Crippen LogP contribution in [0.5, 0.6) is 0 Å². The summed E-state index contributed by atoms with van der Waals surface area (Å²) in [5, 5.41) is 10.6. The van der Waals surface area contributed by atoms with E-state index in [0.717, 1.165) is 121 Å². The van der Waals surface area contributed by atoms with Crippen molar-refractivity contribution in [2.75, 3.05) is 39.6 Å². The van der Waals surface area contributed by atoms with E-state index in [1.165, 1.54) is 186 Å². The first-order valence-corrected chi connectivity index (χ1v) is 44.2. The number of aliphatic hydroxyl groups is 1. The number of esters is 4. The molecule has 0 amide bonds. The first-order valence-electron chi connectivity index (χ1n) is 41.2. The topological polar surface area (TPSA) is 237 Å². The maximum atomic E-state index is 13.1. The van der Waals surface area contributed by atoms with Crippen LogP contribution < -0.4 is 0 Å². The second-order valence-electron chi connectivity index (χ2n) is 29.7. The second-order valence-corrected chi connectivity index (χ2v) is 32.6. The highest BCUT2D eigenvalue weighted by molar-refractivity contribution is 7.47. The standard InChI is InChI=1S/C81H154O17P2/c1-8-10-11-12-13-14-15-16-17-25-30-35-42-50-57-64-81(86)98-77(69-92-79(84)63-56-49-44-37-39-46-53-60-73(5)6)71-96-100(89,90)94-67-75(82)66-93-99(87,88)95-70-76(68-91-78(83)62-55-48-41-34-29-24-20-18-22-27-32-38-45-52-59-72(3)4)97-80(85)65-58-51-43-36-31-26-21-19-23-28-33-40-47-54-61-74(7)9-2/h14-17,72-77,82H,8-13,18-71H2,1-7H3,(H,87,88)(H,89,90)/b15-14-,17-16-/t74?,75?,76-,77-/m1/s1. The number of hydrogen-bond donors (Lipinski definition) is 3. The number of carbonyl (C=O) groups excluding carboxylic acids is 4. The Hall–Kier alpha value is -2.46. The van der Waals surface area contributed by atoms with Gasteiger partial charge in [-0.1, -0.05) is 342 Å². The highest BCUT2D eigenvalue weighted by atomic mass is 31.2. The zero-order valence-corrected chi connectivity index (χ0v) is 66.9. The largest absolute Gasteiger partial charge is 0.472 e. The Morgan fingerprint density at radius 1 is 0.330 bits per heavy atom. The highest BCUT2D eigenvalue weighted by Gasteiger charge is 2.30. The van der Waals surface area contributed by atoms with Gasteiger partial charge in [0, 0.05) is 25.7 Å². The lowest BCUT2D eigenvalue weighted by atomic mass is 9.99. The minimum absolute atomic E-state index is 0.0841. The number of phosphoric acid groups is 2. The smallest absolute Gasteiger partial charge is 0.462 e. The lowest BCUT2D eigenvalue weighted by Crippen LogP contribution is -2.30. The summed E-state index contributed by atoms with van der Waals surface area (Å²) in [4.78, 5) is 73.0. The summed E-state index contributed by atoms with van der Waals surface area (Å²) in [6.07, 6.45) is 61.8. The lowest BCUT2D eigenvalue weighted by Gasteiger charge is -2.21. The number of unbranched alkanes of at least 4 members (excludes halogenated alkanes) is 41. The monoisotopic (exact) mass is 1460 g/mol. The second kappa shape index (κ2) is 70.8. The third-order valence-corrected chi connectivity index (χ3v) is 20.5. The first-order chi connectivity index (χ1) is 48.3. The molecule has 0 aromatic rings. The predicted octanol–water partition coefficient (Wildman–Crippen LogP) is 23.7. The molecule has 0 aliphatic carbocycles. The molecule has 0 rings (SSSR count). The molecular weight excluding hydrogens is 1310 g/mol. The Morgan fingerprint density at radius 2 is 0.590 bits per heavy atom. The fourth-order valence-electron chi connectivity index (χ4n) is 11.9. The van der Waals surface area contributed by atoms with Crippen LogP contribution in [0.1, 0.15) is 395 Å². The van der Waals surface area contributed by atoms with Gasteiger partial charge < -0.3 is 33.8 Å². The van der Waals surface area contributed by atoms with Gasteiger partial charge in [-0.15, -0.1) is 0 Å². The van der Waals surface area contributed by atoms with Crippen molar-refractivity contribution in [1.82, 2.24) is 0 Å². The molecule has 0 bridgehead atoms. The molecule has 100 heavy (non-hydrogen) atoms. The Kier molecular flexibility index (Phi) is 69.1. The van der Waals surface area contributed by atoms with E-state index in [1.54, 1.807) is 0 Å². The fourth-order valence-corrected chi connectivity index (χ4v) is 13.5. The zero-order chi connectivity index (χ0) is 73.7. The molecule has 0 spiro atoms. The van der Waals surface area contributed by atoms with Crippen molar-refractivity contribution in [2.24, 2.45) is 17.8 Å². The molecule has 3 N–H and O–H groups in total. The van der Waals surface area contributed by atoms with Gasteiger partial charge >= 0.3 is 39.5 Å². The van der Waals surface area contributed by atoms with E-state index in [9.17, 15) is 43.2 Å². The quantitative estimate of drug-likeness (QED) is 0.0169. The van der Waals surface area contributed by atoms with Crippen LogP contribution in [0.2, 0.25) is 0 Å². The molecule has 0 radical (unpaired) electrons. The summed E-state index contributed by atoms with van der Waals surface area (Å²) >= 11 is 0. The Morgan fingerprint density at radius 3 is 0.890 bits per heavy atom. The van der Waals surface area contributed by atoms with Crippen molar-refractivity contribution in [3.63, 3.8) is 0 Å². The van der Waals surface area contributed by atoms with Gasteiger partial charge in [0.15, 0.2) is 12.2 Å². The minimum atomic E-state index is -4.97. The van der Waals surface area contributed by atoms with Crippen molar-refractivity contribution in [1.29, 1.82) is 0 Å². The van der Waals surface area contributed by atoms with Crippen LogP contribution >= 0.6 is 15.6 Å². The summed E-state index contributed by atoms with van der Waals surface area (Å²) < 4.78 is 68.7. The Balaban J connectivity index is 5.28. The molecule has 590 valence electrons. The molecule has 0 aliphatic heterocycles. The molecule has 19 heteroatoms. The van der Waals surface area contributed by atoms with Gasteiger partial charge in [0.1, 0.15) is 19.3 Å². The van der Waals surface area contributed by atoms with Crippen molar-refractivity contribution in [3.05, 3.63) is 24.3 Å². The van der Waals surface area contributed by atoms with Crippen LogP contribution in [0.3, 0.4) is 0 Å².